The summed E-state index contributed by atoms with van der Waals surface area (Å²) in [5.74, 6) is 1.27. The van der Waals surface area contributed by atoms with E-state index in [-0.39, 0.29) is 0 Å². The number of aryl methyl sites for hydroxylation is 1. The maximum Gasteiger partial charge on any atom is 0.151 e. The van der Waals surface area contributed by atoms with Crippen molar-refractivity contribution < 1.29 is 0 Å². The van der Waals surface area contributed by atoms with Crippen molar-refractivity contribution in [3.8, 4) is 6.07 Å². The molecule has 0 saturated heterocycles. The summed E-state index contributed by atoms with van der Waals surface area (Å²) < 4.78 is 0. The summed E-state index contributed by atoms with van der Waals surface area (Å²) >= 11 is 0. The maximum atomic E-state index is 9.14. The Labute approximate surface area is 106 Å². The minimum Gasteiger partial charge on any atom is -0.372 e. The lowest BCUT2D eigenvalue weighted by Gasteiger charge is -2.09. The average Bonchev–Trinajstić information content (AvgIpc) is 2.39. The average molecular weight is 239 g/mol. The predicted octanol–water partition coefficient (Wildman–Crippen LogP) is 2.44. The molecule has 2 rings (SSSR count). The zero-order chi connectivity index (χ0) is 13.0. The van der Waals surface area contributed by atoms with Gasteiger partial charge >= 0.3 is 0 Å². The molecular weight excluding hydrogens is 226 g/mol. The highest BCUT2D eigenvalue weighted by Crippen LogP contribution is 2.22. The quantitative estimate of drug-likeness (QED) is 0.860. The van der Waals surface area contributed by atoms with E-state index in [1.807, 2.05) is 25.1 Å². The van der Waals surface area contributed by atoms with E-state index < -0.39 is 0 Å². The van der Waals surface area contributed by atoms with Crippen molar-refractivity contribution in [3.63, 3.8) is 0 Å². The second-order valence-corrected chi connectivity index (χ2v) is 3.77. The standard InChI is InChI=1S/C13H13N5/c1-9-4-3-5-11(10(9)6-14)17-13-8-16-7-12(15-2)18-13/h3-5,7-8H,1-2H3,(H2,15,17,18). The van der Waals surface area contributed by atoms with E-state index in [0.29, 0.717) is 17.2 Å². The Hall–Kier alpha value is -2.61. The monoisotopic (exact) mass is 239 g/mol. The van der Waals surface area contributed by atoms with Crippen molar-refractivity contribution in [2.45, 2.75) is 6.92 Å². The first-order valence-electron chi connectivity index (χ1n) is 5.51. The van der Waals surface area contributed by atoms with Crippen LogP contribution in [-0.4, -0.2) is 17.0 Å². The zero-order valence-corrected chi connectivity index (χ0v) is 10.2. The first-order valence-corrected chi connectivity index (χ1v) is 5.51. The van der Waals surface area contributed by atoms with Gasteiger partial charge in [0.05, 0.1) is 23.6 Å². The third-order valence-corrected chi connectivity index (χ3v) is 2.54. The molecule has 0 fully saturated rings. The molecule has 1 aromatic heterocycles. The number of nitrogens with zero attached hydrogens (tertiary/aromatic N) is 3. The van der Waals surface area contributed by atoms with Gasteiger partial charge in [0.25, 0.3) is 0 Å². The molecule has 0 bridgehead atoms. The summed E-state index contributed by atoms with van der Waals surface area (Å²) in [7, 11) is 1.78. The fourth-order valence-electron chi connectivity index (χ4n) is 1.60. The Kier molecular flexibility index (Phi) is 3.39. The zero-order valence-electron chi connectivity index (χ0n) is 10.2. The van der Waals surface area contributed by atoms with Gasteiger partial charge in [-0.25, -0.2) is 4.98 Å². The number of benzene rings is 1. The highest BCUT2D eigenvalue weighted by Gasteiger charge is 2.06. The van der Waals surface area contributed by atoms with Crippen LogP contribution in [0, 0.1) is 18.3 Å². The lowest BCUT2D eigenvalue weighted by molar-refractivity contribution is 1.18. The molecule has 1 aromatic carbocycles. The molecule has 0 amide bonds. The molecule has 2 aromatic rings. The normalized spacial score (nSPS) is 9.61. The van der Waals surface area contributed by atoms with Crippen LogP contribution >= 0.6 is 0 Å². The van der Waals surface area contributed by atoms with Gasteiger partial charge < -0.3 is 10.6 Å². The van der Waals surface area contributed by atoms with Crippen LogP contribution in [0.4, 0.5) is 17.3 Å². The van der Waals surface area contributed by atoms with Gasteiger partial charge in [0.1, 0.15) is 11.9 Å². The molecule has 0 radical (unpaired) electrons. The first-order chi connectivity index (χ1) is 8.74. The van der Waals surface area contributed by atoms with Crippen LogP contribution < -0.4 is 10.6 Å². The largest absolute Gasteiger partial charge is 0.372 e. The van der Waals surface area contributed by atoms with E-state index in [4.69, 9.17) is 5.26 Å². The number of hydrogen-bond acceptors (Lipinski definition) is 5. The molecule has 0 atom stereocenters. The second kappa shape index (κ2) is 5.15. The molecule has 18 heavy (non-hydrogen) atoms. The van der Waals surface area contributed by atoms with E-state index in [1.165, 1.54) is 0 Å². The molecule has 0 aliphatic carbocycles. The molecule has 5 nitrogen and oxygen atoms in total. The van der Waals surface area contributed by atoms with Crippen LogP contribution in [0.25, 0.3) is 0 Å². The number of rotatable bonds is 3. The molecule has 0 aliphatic rings. The Balaban J connectivity index is 2.34. The van der Waals surface area contributed by atoms with Crippen LogP contribution in [0.3, 0.4) is 0 Å². The first kappa shape index (κ1) is 11.9. The Morgan fingerprint density at radius 1 is 1.22 bits per heavy atom. The van der Waals surface area contributed by atoms with Crippen molar-refractivity contribution in [2.24, 2.45) is 0 Å². The van der Waals surface area contributed by atoms with Gasteiger partial charge in [-0.2, -0.15) is 5.26 Å². The van der Waals surface area contributed by atoms with Crippen molar-refractivity contribution in [1.82, 2.24) is 9.97 Å². The Morgan fingerprint density at radius 2 is 2.00 bits per heavy atom. The molecule has 1 heterocycles. The predicted molar refractivity (Wildman–Crippen MR) is 70.8 cm³/mol. The number of nitrogens with one attached hydrogen (secondary N) is 2. The van der Waals surface area contributed by atoms with Gasteiger partial charge in [-0.15, -0.1) is 0 Å². The highest BCUT2D eigenvalue weighted by molar-refractivity contribution is 5.66. The summed E-state index contributed by atoms with van der Waals surface area (Å²) in [4.78, 5) is 8.36. The summed E-state index contributed by atoms with van der Waals surface area (Å²) in [6.07, 6.45) is 3.25. The lowest BCUT2D eigenvalue weighted by atomic mass is 10.1. The molecule has 0 spiro atoms. The van der Waals surface area contributed by atoms with Crippen LogP contribution in [0.2, 0.25) is 0 Å². The van der Waals surface area contributed by atoms with Crippen molar-refractivity contribution in [3.05, 3.63) is 41.7 Å². The molecule has 0 saturated carbocycles. The van der Waals surface area contributed by atoms with Crippen LogP contribution in [0.1, 0.15) is 11.1 Å². The van der Waals surface area contributed by atoms with Gasteiger partial charge in [0.15, 0.2) is 5.82 Å². The third kappa shape index (κ3) is 2.38. The van der Waals surface area contributed by atoms with E-state index in [1.54, 1.807) is 19.4 Å². The number of aromatic nitrogens is 2. The van der Waals surface area contributed by atoms with Crippen LogP contribution in [-0.2, 0) is 0 Å². The fraction of sp³-hybridized carbons (Fsp3) is 0.154. The Morgan fingerprint density at radius 3 is 2.72 bits per heavy atom. The van der Waals surface area contributed by atoms with Crippen molar-refractivity contribution >= 4 is 17.3 Å². The van der Waals surface area contributed by atoms with Gasteiger partial charge in [-0.3, -0.25) is 4.98 Å². The number of nitriles is 1. The van der Waals surface area contributed by atoms with Gasteiger partial charge in [-0.05, 0) is 18.6 Å². The molecule has 2 N–H and O–H groups in total. The number of hydrogen-bond donors (Lipinski definition) is 2. The minimum absolute atomic E-state index is 0.601. The summed E-state index contributed by atoms with van der Waals surface area (Å²) in [5.41, 5.74) is 2.29. The van der Waals surface area contributed by atoms with Gasteiger partial charge in [-0.1, -0.05) is 12.1 Å². The van der Waals surface area contributed by atoms with Crippen molar-refractivity contribution in [2.75, 3.05) is 17.7 Å². The van der Waals surface area contributed by atoms with E-state index >= 15 is 0 Å². The molecular formula is C13H13N5. The smallest absolute Gasteiger partial charge is 0.151 e. The summed E-state index contributed by atoms with van der Waals surface area (Å²) in [6.45, 7) is 1.90. The van der Waals surface area contributed by atoms with Crippen molar-refractivity contribution in [1.29, 1.82) is 5.26 Å². The van der Waals surface area contributed by atoms with Crippen LogP contribution in [0.5, 0.6) is 0 Å². The fourth-order valence-corrected chi connectivity index (χ4v) is 1.60. The third-order valence-electron chi connectivity index (χ3n) is 2.54. The van der Waals surface area contributed by atoms with E-state index in [0.717, 1.165) is 11.3 Å². The second-order valence-electron chi connectivity index (χ2n) is 3.77. The van der Waals surface area contributed by atoms with Gasteiger partial charge in [0, 0.05) is 7.05 Å². The van der Waals surface area contributed by atoms with Gasteiger partial charge in [0.2, 0.25) is 0 Å². The summed E-state index contributed by atoms with van der Waals surface area (Å²) in [6, 6.07) is 7.83. The van der Waals surface area contributed by atoms with Crippen LogP contribution in [0.15, 0.2) is 30.6 Å². The lowest BCUT2D eigenvalue weighted by Crippen LogP contribution is -2.00. The molecule has 0 aliphatic heterocycles. The highest BCUT2D eigenvalue weighted by atomic mass is 15.1. The maximum absolute atomic E-state index is 9.14. The van der Waals surface area contributed by atoms with E-state index in [2.05, 4.69) is 26.7 Å². The minimum atomic E-state index is 0.601. The SMILES string of the molecule is CNc1cncc(Nc2cccc(C)c2C#N)n1. The number of anilines is 3. The molecule has 0 unspecified atom stereocenters. The molecule has 5 heteroatoms. The Bertz CT molecular complexity index is 601. The topological polar surface area (TPSA) is 73.6 Å². The molecule has 90 valence electrons. The summed E-state index contributed by atoms with van der Waals surface area (Å²) in [5, 5.41) is 15.2. The van der Waals surface area contributed by atoms with E-state index in [9.17, 15) is 0 Å².